The van der Waals surface area contributed by atoms with E-state index < -0.39 is 6.10 Å². The number of allylic oxidation sites excluding steroid dienone is 14. The van der Waals surface area contributed by atoms with Gasteiger partial charge in [0.2, 0.25) is 0 Å². The number of carbonyl (C=O) groups is 3. The minimum atomic E-state index is -0.815. The van der Waals surface area contributed by atoms with Crippen molar-refractivity contribution in [3.8, 4) is 0 Å². The van der Waals surface area contributed by atoms with E-state index in [2.05, 4.69) is 51.2 Å². The molecular formula is C43H68O6. The van der Waals surface area contributed by atoms with Crippen LogP contribution in [0.1, 0.15) is 149 Å². The Morgan fingerprint density at radius 1 is 0.449 bits per heavy atom. The molecule has 0 aliphatic carbocycles. The molecule has 0 aliphatic heterocycles. The zero-order chi connectivity index (χ0) is 35.9. The Morgan fingerprint density at radius 3 is 1.53 bits per heavy atom. The zero-order valence-corrected chi connectivity index (χ0v) is 31.2. The maximum absolute atomic E-state index is 12.6. The Balaban J connectivity index is 4.56. The zero-order valence-electron chi connectivity index (χ0n) is 31.2. The first kappa shape index (κ1) is 45.6. The number of rotatable bonds is 32. The van der Waals surface area contributed by atoms with Crippen LogP contribution in [0.25, 0.3) is 0 Å². The van der Waals surface area contributed by atoms with Crippen LogP contribution in [0.3, 0.4) is 0 Å². The molecular weight excluding hydrogens is 612 g/mol. The SMILES string of the molecule is CC\C=C/C=C\C=C/C=C\C=C/CCCC(=O)OCC(COC(=O)CCCCCCCCCCC)OC(=O)CCCC/C=C\C/C=C\CC. The van der Waals surface area contributed by atoms with E-state index in [1.165, 1.54) is 38.5 Å². The van der Waals surface area contributed by atoms with Gasteiger partial charge in [-0.3, -0.25) is 14.4 Å². The minimum Gasteiger partial charge on any atom is -0.462 e. The van der Waals surface area contributed by atoms with Crippen molar-refractivity contribution in [1.29, 1.82) is 0 Å². The molecule has 0 N–H and O–H groups in total. The largest absolute Gasteiger partial charge is 0.462 e. The average molecular weight is 681 g/mol. The predicted molar refractivity (Wildman–Crippen MR) is 205 cm³/mol. The van der Waals surface area contributed by atoms with Crippen LogP contribution in [0.15, 0.2) is 85.1 Å². The molecule has 0 radical (unpaired) electrons. The lowest BCUT2D eigenvalue weighted by molar-refractivity contribution is -0.167. The van der Waals surface area contributed by atoms with Gasteiger partial charge in [-0.05, 0) is 57.8 Å². The molecule has 0 fully saturated rings. The van der Waals surface area contributed by atoms with E-state index in [4.69, 9.17) is 14.2 Å². The van der Waals surface area contributed by atoms with Crippen LogP contribution in [0.2, 0.25) is 0 Å². The Labute approximate surface area is 299 Å². The third-order valence-corrected chi connectivity index (χ3v) is 7.52. The van der Waals surface area contributed by atoms with Crippen molar-refractivity contribution < 1.29 is 28.6 Å². The monoisotopic (exact) mass is 681 g/mol. The van der Waals surface area contributed by atoms with Gasteiger partial charge >= 0.3 is 17.9 Å². The van der Waals surface area contributed by atoms with Crippen LogP contribution in [0, 0.1) is 0 Å². The second-order valence-corrected chi connectivity index (χ2v) is 12.2. The van der Waals surface area contributed by atoms with Crippen LogP contribution in [-0.2, 0) is 28.6 Å². The first-order chi connectivity index (χ1) is 24.0. The van der Waals surface area contributed by atoms with Crippen molar-refractivity contribution in [2.24, 2.45) is 0 Å². The lowest BCUT2D eigenvalue weighted by Gasteiger charge is -2.18. The molecule has 0 spiro atoms. The highest BCUT2D eigenvalue weighted by atomic mass is 16.6. The molecule has 6 nitrogen and oxygen atoms in total. The highest BCUT2D eigenvalue weighted by Crippen LogP contribution is 2.12. The van der Waals surface area contributed by atoms with Gasteiger partial charge in [0.15, 0.2) is 6.10 Å². The quantitative estimate of drug-likeness (QED) is 0.0231. The number of esters is 3. The van der Waals surface area contributed by atoms with E-state index in [-0.39, 0.29) is 44.0 Å². The summed E-state index contributed by atoms with van der Waals surface area (Å²) < 4.78 is 16.5. The van der Waals surface area contributed by atoms with Crippen LogP contribution < -0.4 is 0 Å². The van der Waals surface area contributed by atoms with Gasteiger partial charge in [0, 0.05) is 19.3 Å². The summed E-state index contributed by atoms with van der Waals surface area (Å²) in [6.45, 7) is 6.20. The summed E-state index contributed by atoms with van der Waals surface area (Å²) in [5.74, 6) is -1.05. The molecule has 0 aromatic carbocycles. The number of carbonyl (C=O) groups excluding carboxylic acids is 3. The molecule has 0 aromatic rings. The summed E-state index contributed by atoms with van der Waals surface area (Å²) in [6.07, 6.45) is 45.9. The van der Waals surface area contributed by atoms with Gasteiger partial charge in [0.05, 0.1) is 0 Å². The van der Waals surface area contributed by atoms with E-state index in [0.717, 1.165) is 57.8 Å². The molecule has 0 aliphatic rings. The van der Waals surface area contributed by atoms with Crippen molar-refractivity contribution in [1.82, 2.24) is 0 Å². The molecule has 276 valence electrons. The Bertz CT molecular complexity index is 1010. The Kier molecular flexibility index (Phi) is 34.8. The second-order valence-electron chi connectivity index (χ2n) is 12.2. The summed E-state index contributed by atoms with van der Waals surface area (Å²) >= 11 is 0. The van der Waals surface area contributed by atoms with Gasteiger partial charge in [0.25, 0.3) is 0 Å². The molecule has 49 heavy (non-hydrogen) atoms. The Hall–Kier alpha value is -3.41. The fraction of sp³-hybridized carbons (Fsp3) is 0.605. The summed E-state index contributed by atoms with van der Waals surface area (Å²) in [6, 6.07) is 0. The van der Waals surface area contributed by atoms with Gasteiger partial charge in [0.1, 0.15) is 13.2 Å². The summed E-state index contributed by atoms with van der Waals surface area (Å²) in [5.41, 5.74) is 0. The molecule has 0 heterocycles. The number of hydrogen-bond donors (Lipinski definition) is 0. The fourth-order valence-electron chi connectivity index (χ4n) is 4.68. The third-order valence-electron chi connectivity index (χ3n) is 7.52. The smallest absolute Gasteiger partial charge is 0.306 e. The van der Waals surface area contributed by atoms with Gasteiger partial charge < -0.3 is 14.2 Å². The fourth-order valence-corrected chi connectivity index (χ4v) is 4.68. The van der Waals surface area contributed by atoms with Gasteiger partial charge in [-0.1, -0.05) is 157 Å². The summed E-state index contributed by atoms with van der Waals surface area (Å²) in [5, 5.41) is 0. The second kappa shape index (κ2) is 37.4. The molecule has 0 rings (SSSR count). The van der Waals surface area contributed by atoms with E-state index in [1.54, 1.807) is 0 Å². The molecule has 1 unspecified atom stereocenters. The van der Waals surface area contributed by atoms with Crippen LogP contribution >= 0.6 is 0 Å². The van der Waals surface area contributed by atoms with E-state index in [0.29, 0.717) is 19.3 Å². The van der Waals surface area contributed by atoms with Crippen molar-refractivity contribution in [3.05, 3.63) is 85.1 Å². The lowest BCUT2D eigenvalue weighted by atomic mass is 10.1. The Morgan fingerprint density at radius 2 is 0.918 bits per heavy atom. The third kappa shape index (κ3) is 35.7. The summed E-state index contributed by atoms with van der Waals surface area (Å²) in [4.78, 5) is 37.3. The van der Waals surface area contributed by atoms with Gasteiger partial charge in [-0.2, -0.15) is 0 Å². The van der Waals surface area contributed by atoms with Crippen molar-refractivity contribution in [3.63, 3.8) is 0 Å². The first-order valence-corrected chi connectivity index (χ1v) is 19.2. The number of unbranched alkanes of at least 4 members (excludes halogenated alkanes) is 11. The maximum atomic E-state index is 12.6. The molecule has 0 saturated heterocycles. The molecule has 0 amide bonds. The van der Waals surface area contributed by atoms with Crippen LogP contribution in [0.5, 0.6) is 0 Å². The van der Waals surface area contributed by atoms with E-state index in [9.17, 15) is 14.4 Å². The molecule has 0 bridgehead atoms. The van der Waals surface area contributed by atoms with Crippen LogP contribution in [-0.4, -0.2) is 37.2 Å². The van der Waals surface area contributed by atoms with Crippen LogP contribution in [0.4, 0.5) is 0 Å². The highest BCUT2D eigenvalue weighted by Gasteiger charge is 2.19. The number of ether oxygens (including phenoxy) is 3. The predicted octanol–water partition coefficient (Wildman–Crippen LogP) is 11.7. The van der Waals surface area contributed by atoms with E-state index in [1.807, 2.05) is 54.7 Å². The molecule has 0 saturated carbocycles. The minimum absolute atomic E-state index is 0.113. The normalized spacial score (nSPS) is 13.0. The lowest BCUT2D eigenvalue weighted by Crippen LogP contribution is -2.30. The summed E-state index contributed by atoms with van der Waals surface area (Å²) in [7, 11) is 0. The maximum Gasteiger partial charge on any atom is 0.306 e. The highest BCUT2D eigenvalue weighted by molar-refractivity contribution is 5.71. The molecule has 0 aromatic heterocycles. The first-order valence-electron chi connectivity index (χ1n) is 19.2. The van der Waals surface area contributed by atoms with Crippen molar-refractivity contribution >= 4 is 17.9 Å². The standard InChI is InChI=1S/C43H68O6/c1-4-7-10-13-16-19-20-21-22-25-27-30-33-36-42(45)48-39-40(49-43(46)37-34-31-28-24-18-15-12-9-6-3)38-47-41(44)35-32-29-26-23-17-14-11-8-5-2/h7,9-10,12-13,16,18-22,24-25,27,40H,4-6,8,11,14-15,17,23,26,28-39H2,1-3H3/b10-7-,12-9-,16-13-,20-19-,22-21-,24-18-,27-25-. The molecule has 6 heteroatoms. The topological polar surface area (TPSA) is 78.9 Å². The van der Waals surface area contributed by atoms with E-state index >= 15 is 0 Å². The van der Waals surface area contributed by atoms with Crippen molar-refractivity contribution in [2.45, 2.75) is 155 Å². The van der Waals surface area contributed by atoms with Gasteiger partial charge in [-0.25, -0.2) is 0 Å². The number of hydrogen-bond acceptors (Lipinski definition) is 6. The van der Waals surface area contributed by atoms with Gasteiger partial charge in [-0.15, -0.1) is 0 Å². The van der Waals surface area contributed by atoms with Crippen molar-refractivity contribution in [2.75, 3.05) is 13.2 Å². The average Bonchev–Trinajstić information content (AvgIpc) is 3.10. The molecule has 1 atom stereocenters.